The molecule has 0 spiro atoms. The normalized spacial score (nSPS) is 21.9. The zero-order chi connectivity index (χ0) is 21.0. The van der Waals surface area contributed by atoms with Gasteiger partial charge in [-0.1, -0.05) is 33.1 Å². The smallest absolute Gasteiger partial charge is 0.273 e. The molecule has 1 atom stereocenters. The average Bonchev–Trinajstić information content (AvgIpc) is 3.35. The lowest BCUT2D eigenvalue weighted by atomic mass is 9.94. The number of hydrogen-bond acceptors (Lipinski definition) is 4. The molecule has 1 aromatic heterocycles. The molecule has 3 amide bonds. The Morgan fingerprint density at radius 1 is 1.24 bits per heavy atom. The summed E-state index contributed by atoms with van der Waals surface area (Å²) in [4.78, 5) is 40.5. The van der Waals surface area contributed by atoms with Crippen molar-refractivity contribution in [2.24, 2.45) is 0 Å². The number of fused-ring (bicyclic) bond motifs is 1. The fourth-order valence-corrected chi connectivity index (χ4v) is 4.16. The van der Waals surface area contributed by atoms with E-state index >= 15 is 0 Å². The van der Waals surface area contributed by atoms with Gasteiger partial charge in [-0.25, -0.2) is 0 Å². The SMILES string of the molecule is CCCCN1C(=O)c2cc(C(=O)NCCC)nn2CC1(C)C(=O)NC1CCCC1. The van der Waals surface area contributed by atoms with Crippen LogP contribution in [0.15, 0.2) is 6.07 Å². The minimum atomic E-state index is -1.02. The monoisotopic (exact) mass is 403 g/mol. The van der Waals surface area contributed by atoms with Gasteiger partial charge in [0.15, 0.2) is 5.69 Å². The lowest BCUT2D eigenvalue weighted by Gasteiger charge is -2.43. The van der Waals surface area contributed by atoms with Crippen LogP contribution >= 0.6 is 0 Å². The van der Waals surface area contributed by atoms with Crippen LogP contribution in [-0.2, 0) is 11.3 Å². The molecule has 1 unspecified atom stereocenters. The van der Waals surface area contributed by atoms with Crippen molar-refractivity contribution in [3.8, 4) is 0 Å². The number of nitrogens with zero attached hydrogens (tertiary/aromatic N) is 3. The maximum Gasteiger partial charge on any atom is 0.273 e. The van der Waals surface area contributed by atoms with E-state index in [2.05, 4.69) is 22.7 Å². The first-order chi connectivity index (χ1) is 13.9. The average molecular weight is 404 g/mol. The van der Waals surface area contributed by atoms with Crippen molar-refractivity contribution in [2.75, 3.05) is 13.1 Å². The van der Waals surface area contributed by atoms with Gasteiger partial charge in [-0.05, 0) is 32.6 Å². The van der Waals surface area contributed by atoms with Crippen LogP contribution in [0.5, 0.6) is 0 Å². The molecule has 0 radical (unpaired) electrons. The number of hydrogen-bond donors (Lipinski definition) is 2. The number of nitrogens with one attached hydrogen (secondary N) is 2. The van der Waals surface area contributed by atoms with E-state index in [1.807, 2.05) is 13.8 Å². The Hall–Kier alpha value is -2.38. The highest BCUT2D eigenvalue weighted by molar-refractivity contribution is 6.01. The molecule has 1 saturated carbocycles. The van der Waals surface area contributed by atoms with Crippen molar-refractivity contribution in [1.29, 1.82) is 0 Å². The van der Waals surface area contributed by atoms with Gasteiger partial charge in [0.1, 0.15) is 11.2 Å². The van der Waals surface area contributed by atoms with Gasteiger partial charge in [-0.15, -0.1) is 0 Å². The molecule has 3 rings (SSSR count). The van der Waals surface area contributed by atoms with Gasteiger partial charge in [-0.2, -0.15) is 5.10 Å². The molecule has 0 bridgehead atoms. The van der Waals surface area contributed by atoms with Crippen molar-refractivity contribution in [3.05, 3.63) is 17.5 Å². The van der Waals surface area contributed by atoms with Crippen LogP contribution in [-0.4, -0.2) is 57.1 Å². The first-order valence-electron chi connectivity index (χ1n) is 10.9. The predicted octanol–water partition coefficient (Wildman–Crippen LogP) is 2.10. The molecule has 2 N–H and O–H groups in total. The highest BCUT2D eigenvalue weighted by Crippen LogP contribution is 2.29. The fourth-order valence-electron chi connectivity index (χ4n) is 4.16. The Morgan fingerprint density at radius 3 is 2.62 bits per heavy atom. The van der Waals surface area contributed by atoms with Crippen LogP contribution in [0.3, 0.4) is 0 Å². The number of rotatable bonds is 8. The third kappa shape index (κ3) is 4.31. The second-order valence-electron chi connectivity index (χ2n) is 8.37. The van der Waals surface area contributed by atoms with Crippen LogP contribution in [0.4, 0.5) is 0 Å². The number of aromatic nitrogens is 2. The van der Waals surface area contributed by atoms with E-state index in [0.717, 1.165) is 44.9 Å². The number of carbonyl (C=O) groups excluding carboxylic acids is 3. The first-order valence-corrected chi connectivity index (χ1v) is 10.9. The van der Waals surface area contributed by atoms with E-state index in [4.69, 9.17) is 0 Å². The molecular formula is C21H33N5O3. The van der Waals surface area contributed by atoms with E-state index in [0.29, 0.717) is 18.8 Å². The third-order valence-electron chi connectivity index (χ3n) is 5.98. The van der Waals surface area contributed by atoms with Crippen LogP contribution in [0.2, 0.25) is 0 Å². The zero-order valence-corrected chi connectivity index (χ0v) is 17.8. The van der Waals surface area contributed by atoms with Gasteiger partial charge in [-0.3, -0.25) is 19.1 Å². The fraction of sp³-hybridized carbons (Fsp3) is 0.714. The third-order valence-corrected chi connectivity index (χ3v) is 5.98. The van der Waals surface area contributed by atoms with Gasteiger partial charge >= 0.3 is 0 Å². The summed E-state index contributed by atoms with van der Waals surface area (Å²) >= 11 is 0. The van der Waals surface area contributed by atoms with Crippen molar-refractivity contribution in [3.63, 3.8) is 0 Å². The molecule has 160 valence electrons. The molecule has 29 heavy (non-hydrogen) atoms. The van der Waals surface area contributed by atoms with Crippen molar-refractivity contribution < 1.29 is 14.4 Å². The van der Waals surface area contributed by atoms with Crippen LogP contribution in [0.1, 0.15) is 86.7 Å². The van der Waals surface area contributed by atoms with E-state index in [1.54, 1.807) is 11.0 Å². The summed E-state index contributed by atoms with van der Waals surface area (Å²) in [5, 5.41) is 10.3. The molecular weight excluding hydrogens is 370 g/mol. The van der Waals surface area contributed by atoms with Gasteiger partial charge in [0.2, 0.25) is 5.91 Å². The molecule has 8 nitrogen and oxygen atoms in total. The highest BCUT2D eigenvalue weighted by atomic mass is 16.2. The Morgan fingerprint density at radius 2 is 1.97 bits per heavy atom. The highest BCUT2D eigenvalue weighted by Gasteiger charge is 2.48. The Labute approximate surface area is 172 Å². The Balaban J connectivity index is 1.88. The number of carbonyl (C=O) groups is 3. The number of amides is 3. The van der Waals surface area contributed by atoms with Gasteiger partial charge in [0, 0.05) is 25.2 Å². The Bertz CT molecular complexity index is 768. The summed E-state index contributed by atoms with van der Waals surface area (Å²) in [6, 6.07) is 1.72. The van der Waals surface area contributed by atoms with Crippen LogP contribution in [0.25, 0.3) is 0 Å². The molecule has 2 heterocycles. The van der Waals surface area contributed by atoms with Gasteiger partial charge in [0.25, 0.3) is 11.8 Å². The minimum Gasteiger partial charge on any atom is -0.351 e. The summed E-state index contributed by atoms with van der Waals surface area (Å²) in [7, 11) is 0. The van der Waals surface area contributed by atoms with E-state index in [9.17, 15) is 14.4 Å². The lowest BCUT2D eigenvalue weighted by molar-refractivity contribution is -0.133. The molecule has 1 aromatic rings. The minimum absolute atomic E-state index is 0.132. The summed E-state index contributed by atoms with van der Waals surface area (Å²) < 4.78 is 1.53. The van der Waals surface area contributed by atoms with Crippen LogP contribution in [0, 0.1) is 0 Å². The topological polar surface area (TPSA) is 96.3 Å². The van der Waals surface area contributed by atoms with E-state index in [1.165, 1.54) is 4.68 Å². The van der Waals surface area contributed by atoms with E-state index < -0.39 is 5.54 Å². The standard InChI is InChI=1S/C21H33N5O3/c1-4-6-12-25-19(28)17-13-16(18(27)22-11-5-2)24-26(17)14-21(25,3)20(29)23-15-9-7-8-10-15/h13,15H,4-12,14H2,1-3H3,(H,22,27)(H,23,29). The maximum atomic E-state index is 13.3. The second kappa shape index (κ2) is 8.97. The number of unbranched alkanes of at least 4 members (excludes halogenated alkanes) is 1. The second-order valence-corrected chi connectivity index (χ2v) is 8.37. The summed E-state index contributed by atoms with van der Waals surface area (Å²) in [5.41, 5.74) is -0.433. The lowest BCUT2D eigenvalue weighted by Crippen LogP contribution is -2.65. The van der Waals surface area contributed by atoms with Crippen molar-refractivity contribution >= 4 is 17.7 Å². The van der Waals surface area contributed by atoms with Gasteiger partial charge in [0.05, 0.1) is 6.54 Å². The summed E-state index contributed by atoms with van der Waals surface area (Å²) in [5.74, 6) is -0.665. The molecule has 2 aliphatic rings. The molecule has 0 aromatic carbocycles. The first kappa shape index (κ1) is 21.3. The molecule has 0 saturated heterocycles. The predicted molar refractivity (Wildman–Crippen MR) is 110 cm³/mol. The molecule has 1 fully saturated rings. The quantitative estimate of drug-likeness (QED) is 0.695. The molecule has 8 heteroatoms. The van der Waals surface area contributed by atoms with Gasteiger partial charge < -0.3 is 15.5 Å². The Kier molecular flexibility index (Phi) is 6.59. The maximum absolute atomic E-state index is 13.3. The van der Waals surface area contributed by atoms with Crippen molar-refractivity contribution in [2.45, 2.75) is 83.8 Å². The van der Waals surface area contributed by atoms with E-state index in [-0.39, 0.29) is 36.0 Å². The van der Waals surface area contributed by atoms with Crippen molar-refractivity contribution in [1.82, 2.24) is 25.3 Å². The molecule has 1 aliphatic heterocycles. The largest absolute Gasteiger partial charge is 0.351 e. The zero-order valence-electron chi connectivity index (χ0n) is 17.8. The molecule has 1 aliphatic carbocycles. The summed E-state index contributed by atoms with van der Waals surface area (Å²) in [6.07, 6.45) is 6.78. The van der Waals surface area contributed by atoms with Crippen LogP contribution < -0.4 is 10.6 Å². The summed E-state index contributed by atoms with van der Waals surface area (Å²) in [6.45, 7) is 7.15.